The quantitative estimate of drug-likeness (QED) is 0.683. The van der Waals surface area contributed by atoms with Gasteiger partial charge in [-0.15, -0.1) is 0 Å². The minimum absolute atomic E-state index is 0.473. The summed E-state index contributed by atoms with van der Waals surface area (Å²) in [5.74, 6) is 0. The predicted octanol–water partition coefficient (Wildman–Crippen LogP) is 0.977. The second-order valence-electron chi connectivity index (χ2n) is 3.70. The van der Waals surface area contributed by atoms with E-state index in [0.29, 0.717) is 6.04 Å². The molecule has 1 aromatic heterocycles. The molecule has 4 nitrogen and oxygen atoms in total. The third-order valence-corrected chi connectivity index (χ3v) is 2.46. The third kappa shape index (κ3) is 4.44. The summed E-state index contributed by atoms with van der Waals surface area (Å²) in [6, 6.07) is 0.473. The summed E-state index contributed by atoms with van der Waals surface area (Å²) in [4.78, 5) is 0. The lowest BCUT2D eigenvalue weighted by Crippen LogP contribution is -2.28. The molecule has 1 atom stereocenters. The topological polar surface area (TPSA) is 39.1 Å². The minimum Gasteiger partial charge on any atom is -0.382 e. The maximum Gasteiger partial charge on any atom is 0.0522 e. The monoisotopic (exact) mass is 211 g/mol. The molecule has 1 heterocycles. The second kappa shape index (κ2) is 6.58. The Bertz CT molecular complexity index is 273. The summed E-state index contributed by atoms with van der Waals surface area (Å²) in [5, 5.41) is 7.46. The van der Waals surface area contributed by atoms with Crippen molar-refractivity contribution < 1.29 is 4.74 Å². The number of hydrogen-bond acceptors (Lipinski definition) is 3. The van der Waals surface area contributed by atoms with Crippen LogP contribution in [-0.2, 0) is 18.2 Å². The third-order valence-electron chi connectivity index (χ3n) is 2.46. The van der Waals surface area contributed by atoms with Gasteiger partial charge in [-0.3, -0.25) is 4.68 Å². The molecule has 0 aliphatic carbocycles. The number of nitrogens with zero attached hydrogens (tertiary/aromatic N) is 2. The van der Waals surface area contributed by atoms with E-state index in [0.717, 1.165) is 26.1 Å². The molecule has 0 saturated heterocycles. The zero-order chi connectivity index (χ0) is 11.1. The predicted molar refractivity (Wildman–Crippen MR) is 60.9 cm³/mol. The van der Waals surface area contributed by atoms with Gasteiger partial charge >= 0.3 is 0 Å². The van der Waals surface area contributed by atoms with Crippen molar-refractivity contribution in [2.45, 2.75) is 25.8 Å². The van der Waals surface area contributed by atoms with E-state index in [4.69, 9.17) is 4.74 Å². The van der Waals surface area contributed by atoms with Crippen LogP contribution < -0.4 is 5.32 Å². The van der Waals surface area contributed by atoms with Crippen molar-refractivity contribution in [2.75, 3.05) is 20.3 Å². The maximum atomic E-state index is 5.35. The Balaban J connectivity index is 2.33. The van der Waals surface area contributed by atoms with Gasteiger partial charge in [0.15, 0.2) is 0 Å². The first kappa shape index (κ1) is 12.2. The van der Waals surface area contributed by atoms with Gasteiger partial charge in [0.2, 0.25) is 0 Å². The van der Waals surface area contributed by atoms with E-state index >= 15 is 0 Å². The van der Waals surface area contributed by atoms with E-state index in [1.807, 2.05) is 31.9 Å². The van der Waals surface area contributed by atoms with Gasteiger partial charge in [-0.25, -0.2) is 0 Å². The zero-order valence-electron chi connectivity index (χ0n) is 9.86. The fourth-order valence-corrected chi connectivity index (χ4v) is 1.58. The highest BCUT2D eigenvalue weighted by Crippen LogP contribution is 2.04. The van der Waals surface area contributed by atoms with Crippen molar-refractivity contribution in [1.82, 2.24) is 15.1 Å². The van der Waals surface area contributed by atoms with Gasteiger partial charge in [0, 0.05) is 32.5 Å². The largest absolute Gasteiger partial charge is 0.382 e. The van der Waals surface area contributed by atoms with Gasteiger partial charge in [-0.05, 0) is 32.4 Å². The molecular weight excluding hydrogens is 190 g/mol. The van der Waals surface area contributed by atoms with Gasteiger partial charge < -0.3 is 10.1 Å². The van der Waals surface area contributed by atoms with E-state index in [9.17, 15) is 0 Å². The molecule has 0 bridgehead atoms. The van der Waals surface area contributed by atoms with Crippen LogP contribution in [0.2, 0.25) is 0 Å². The number of likely N-dealkylation sites (N-methyl/N-ethyl adjacent to an activating group) is 1. The van der Waals surface area contributed by atoms with E-state index < -0.39 is 0 Å². The Morgan fingerprint density at radius 3 is 2.93 bits per heavy atom. The first-order valence-electron chi connectivity index (χ1n) is 5.48. The molecule has 1 aromatic rings. The molecule has 0 amide bonds. The lowest BCUT2D eigenvalue weighted by atomic mass is 10.1. The maximum absolute atomic E-state index is 5.35. The standard InChI is InChI=1S/C11H21N3O/c1-4-15-6-5-11(12-2)7-10-8-13-14(3)9-10/h8-9,11-12H,4-7H2,1-3H3. The van der Waals surface area contributed by atoms with E-state index in [2.05, 4.69) is 16.6 Å². The molecule has 0 aromatic carbocycles. The van der Waals surface area contributed by atoms with Crippen molar-refractivity contribution in [2.24, 2.45) is 7.05 Å². The Morgan fingerprint density at radius 2 is 2.40 bits per heavy atom. The van der Waals surface area contributed by atoms with Crippen LogP contribution in [-0.4, -0.2) is 36.1 Å². The molecule has 1 N–H and O–H groups in total. The van der Waals surface area contributed by atoms with Gasteiger partial charge in [0.25, 0.3) is 0 Å². The van der Waals surface area contributed by atoms with Crippen molar-refractivity contribution in [3.8, 4) is 0 Å². The van der Waals surface area contributed by atoms with Crippen LogP contribution in [0.25, 0.3) is 0 Å². The van der Waals surface area contributed by atoms with Gasteiger partial charge in [-0.1, -0.05) is 0 Å². The van der Waals surface area contributed by atoms with Crippen molar-refractivity contribution in [3.63, 3.8) is 0 Å². The molecule has 0 saturated carbocycles. The fraction of sp³-hybridized carbons (Fsp3) is 0.727. The Morgan fingerprint density at radius 1 is 1.60 bits per heavy atom. The lowest BCUT2D eigenvalue weighted by molar-refractivity contribution is 0.137. The molecule has 86 valence electrons. The SMILES string of the molecule is CCOCCC(Cc1cnn(C)c1)NC. The second-order valence-corrected chi connectivity index (χ2v) is 3.70. The van der Waals surface area contributed by atoms with Gasteiger partial charge in [0.1, 0.15) is 0 Å². The van der Waals surface area contributed by atoms with Crippen LogP contribution in [0.3, 0.4) is 0 Å². The van der Waals surface area contributed by atoms with Crippen LogP contribution in [0.5, 0.6) is 0 Å². The highest BCUT2D eigenvalue weighted by atomic mass is 16.5. The Labute approximate surface area is 91.6 Å². The number of ether oxygens (including phenoxy) is 1. The molecule has 0 fully saturated rings. The molecule has 0 aliphatic heterocycles. The van der Waals surface area contributed by atoms with Gasteiger partial charge in [-0.2, -0.15) is 5.10 Å². The number of hydrogen-bond donors (Lipinski definition) is 1. The average molecular weight is 211 g/mol. The zero-order valence-corrected chi connectivity index (χ0v) is 9.86. The summed E-state index contributed by atoms with van der Waals surface area (Å²) in [5.41, 5.74) is 1.27. The van der Waals surface area contributed by atoms with Crippen LogP contribution in [0.4, 0.5) is 0 Å². The molecule has 0 radical (unpaired) electrons. The summed E-state index contributed by atoms with van der Waals surface area (Å²) in [7, 11) is 3.94. The number of aryl methyl sites for hydroxylation is 1. The minimum atomic E-state index is 0.473. The highest BCUT2D eigenvalue weighted by Gasteiger charge is 2.08. The summed E-state index contributed by atoms with van der Waals surface area (Å²) in [6.07, 6.45) is 6.03. The van der Waals surface area contributed by atoms with Crippen LogP contribution in [0, 0.1) is 0 Å². The van der Waals surface area contributed by atoms with E-state index in [1.165, 1.54) is 5.56 Å². The number of aromatic nitrogens is 2. The molecule has 0 aliphatic rings. The Hall–Kier alpha value is -0.870. The first-order chi connectivity index (χ1) is 7.26. The Kier molecular flexibility index (Phi) is 5.36. The molecule has 15 heavy (non-hydrogen) atoms. The highest BCUT2D eigenvalue weighted by molar-refractivity contribution is 5.05. The van der Waals surface area contributed by atoms with Crippen molar-refractivity contribution in [1.29, 1.82) is 0 Å². The van der Waals surface area contributed by atoms with E-state index in [-0.39, 0.29) is 0 Å². The van der Waals surface area contributed by atoms with Crippen LogP contribution >= 0.6 is 0 Å². The summed E-state index contributed by atoms with van der Waals surface area (Å²) < 4.78 is 7.19. The number of rotatable bonds is 7. The average Bonchev–Trinajstić information content (AvgIpc) is 2.63. The van der Waals surface area contributed by atoms with Crippen LogP contribution in [0.1, 0.15) is 18.9 Å². The molecular formula is C11H21N3O. The molecule has 0 spiro atoms. The normalized spacial score (nSPS) is 13.0. The molecule has 4 heteroatoms. The smallest absolute Gasteiger partial charge is 0.0522 e. The van der Waals surface area contributed by atoms with Crippen LogP contribution in [0.15, 0.2) is 12.4 Å². The van der Waals surface area contributed by atoms with Crippen molar-refractivity contribution >= 4 is 0 Å². The lowest BCUT2D eigenvalue weighted by Gasteiger charge is -2.14. The first-order valence-corrected chi connectivity index (χ1v) is 5.48. The van der Waals surface area contributed by atoms with Gasteiger partial charge in [0.05, 0.1) is 6.20 Å². The van der Waals surface area contributed by atoms with Crippen molar-refractivity contribution in [3.05, 3.63) is 18.0 Å². The molecule has 1 rings (SSSR count). The summed E-state index contributed by atoms with van der Waals surface area (Å²) >= 11 is 0. The molecule has 1 unspecified atom stereocenters. The van der Waals surface area contributed by atoms with E-state index in [1.54, 1.807) is 0 Å². The number of nitrogens with one attached hydrogen (secondary N) is 1. The summed E-state index contributed by atoms with van der Waals surface area (Å²) in [6.45, 7) is 3.64. The fourth-order valence-electron chi connectivity index (χ4n) is 1.58.